The highest BCUT2D eigenvalue weighted by molar-refractivity contribution is 6.06. The number of pyridine rings is 1. The standard InChI is InChI=1S/C19H17N5O/c1-11-15-10-22-5-2-6-24(15)18-14(12-3-4-16(21)23-9-12)7-13(8-20)19(25)17(11)18/h3-4,7,9-10,25H,2,5-6H2,1H3,(H2,21,23). The molecule has 1 aromatic carbocycles. The molecule has 0 fully saturated rings. The Hall–Kier alpha value is -3.33. The van der Waals surface area contributed by atoms with E-state index >= 15 is 0 Å². The van der Waals surface area contributed by atoms with Crippen molar-refractivity contribution in [2.75, 3.05) is 12.3 Å². The Bertz CT molecular complexity index is 1050. The van der Waals surface area contributed by atoms with E-state index in [2.05, 4.69) is 20.6 Å². The number of phenols is 1. The Morgan fingerprint density at radius 2 is 2.20 bits per heavy atom. The molecule has 3 aromatic rings. The van der Waals surface area contributed by atoms with E-state index < -0.39 is 0 Å². The SMILES string of the molecule is Cc1c2n(c3c(-c4ccc(N)nc4)cc(C#N)c(O)c13)CCCN=C2. The number of anilines is 1. The van der Waals surface area contributed by atoms with Crippen molar-refractivity contribution >= 4 is 22.9 Å². The minimum Gasteiger partial charge on any atom is -0.506 e. The van der Waals surface area contributed by atoms with Crippen LogP contribution in [0.25, 0.3) is 22.0 Å². The molecule has 3 heterocycles. The fourth-order valence-electron chi connectivity index (χ4n) is 3.49. The Morgan fingerprint density at radius 1 is 1.36 bits per heavy atom. The van der Waals surface area contributed by atoms with Gasteiger partial charge >= 0.3 is 0 Å². The summed E-state index contributed by atoms with van der Waals surface area (Å²) in [7, 11) is 0. The Morgan fingerprint density at radius 3 is 2.92 bits per heavy atom. The molecule has 0 unspecified atom stereocenters. The topological polar surface area (TPSA) is 100 Å². The van der Waals surface area contributed by atoms with Gasteiger partial charge in [-0.15, -0.1) is 0 Å². The third kappa shape index (κ3) is 2.24. The molecule has 3 N–H and O–H groups in total. The van der Waals surface area contributed by atoms with Crippen LogP contribution in [-0.2, 0) is 6.54 Å². The number of aliphatic imine (C=N–C) groups is 1. The molecule has 2 aromatic heterocycles. The van der Waals surface area contributed by atoms with Crippen LogP contribution in [0, 0.1) is 18.3 Å². The van der Waals surface area contributed by atoms with Gasteiger partial charge in [0.15, 0.2) is 0 Å². The molecule has 4 rings (SSSR count). The summed E-state index contributed by atoms with van der Waals surface area (Å²) in [6, 6.07) is 7.43. The third-order valence-corrected chi connectivity index (χ3v) is 4.69. The number of hydrogen-bond donors (Lipinski definition) is 2. The van der Waals surface area contributed by atoms with Crippen molar-refractivity contribution in [3.8, 4) is 22.9 Å². The van der Waals surface area contributed by atoms with E-state index in [-0.39, 0.29) is 11.3 Å². The highest BCUT2D eigenvalue weighted by Crippen LogP contribution is 2.41. The summed E-state index contributed by atoms with van der Waals surface area (Å²) in [6.45, 7) is 3.54. The van der Waals surface area contributed by atoms with Crippen LogP contribution >= 0.6 is 0 Å². The molecule has 25 heavy (non-hydrogen) atoms. The maximum absolute atomic E-state index is 10.6. The van der Waals surface area contributed by atoms with Crippen LogP contribution in [0.3, 0.4) is 0 Å². The summed E-state index contributed by atoms with van der Waals surface area (Å²) in [5.74, 6) is 0.465. The predicted molar refractivity (Wildman–Crippen MR) is 97.8 cm³/mol. The van der Waals surface area contributed by atoms with E-state index in [0.29, 0.717) is 11.2 Å². The molecule has 6 nitrogen and oxygen atoms in total. The lowest BCUT2D eigenvalue weighted by Crippen LogP contribution is -2.02. The number of hydrogen-bond acceptors (Lipinski definition) is 5. The second kappa shape index (κ2) is 5.64. The first-order chi connectivity index (χ1) is 12.1. The van der Waals surface area contributed by atoms with Crippen LogP contribution in [0.4, 0.5) is 5.82 Å². The molecule has 0 spiro atoms. The predicted octanol–water partition coefficient (Wildman–Crippen LogP) is 2.99. The number of nitrogens with two attached hydrogens (primary N) is 1. The lowest BCUT2D eigenvalue weighted by Gasteiger charge is -2.12. The number of benzene rings is 1. The van der Waals surface area contributed by atoms with Crippen LogP contribution in [0.5, 0.6) is 5.75 Å². The van der Waals surface area contributed by atoms with Crippen molar-refractivity contribution in [2.45, 2.75) is 19.9 Å². The monoisotopic (exact) mass is 331 g/mol. The van der Waals surface area contributed by atoms with Gasteiger partial charge in [-0.2, -0.15) is 5.26 Å². The van der Waals surface area contributed by atoms with Crippen molar-refractivity contribution in [3.63, 3.8) is 0 Å². The fraction of sp³-hybridized carbons (Fsp3) is 0.211. The van der Waals surface area contributed by atoms with Gasteiger partial charge < -0.3 is 15.4 Å². The molecular formula is C19H17N5O. The number of aryl methyl sites for hydroxylation is 2. The van der Waals surface area contributed by atoms with Gasteiger partial charge in [0.2, 0.25) is 0 Å². The first kappa shape index (κ1) is 15.2. The van der Waals surface area contributed by atoms with Crippen LogP contribution in [0.2, 0.25) is 0 Å². The second-order valence-electron chi connectivity index (χ2n) is 6.18. The Kier molecular flexibility index (Phi) is 3.43. The zero-order chi connectivity index (χ0) is 17.6. The number of aromatic hydroxyl groups is 1. The summed E-state index contributed by atoms with van der Waals surface area (Å²) in [5, 5.41) is 20.8. The Balaban J connectivity index is 2.16. The van der Waals surface area contributed by atoms with Gasteiger partial charge in [-0.1, -0.05) is 0 Å². The zero-order valence-electron chi connectivity index (χ0n) is 13.8. The maximum atomic E-state index is 10.6. The molecular weight excluding hydrogens is 314 g/mol. The number of fused-ring (bicyclic) bond motifs is 3. The van der Waals surface area contributed by atoms with Crippen molar-refractivity contribution in [2.24, 2.45) is 4.99 Å². The summed E-state index contributed by atoms with van der Waals surface area (Å²) in [5.41, 5.74) is 10.5. The van der Waals surface area contributed by atoms with Crippen LogP contribution in [-0.4, -0.2) is 27.4 Å². The quantitative estimate of drug-likeness (QED) is 0.716. The molecule has 6 heteroatoms. The molecule has 1 aliphatic heterocycles. The van der Waals surface area contributed by atoms with E-state index in [1.165, 1.54) is 0 Å². The minimum atomic E-state index is 0.0242. The maximum Gasteiger partial charge on any atom is 0.143 e. The molecule has 0 bridgehead atoms. The van der Waals surface area contributed by atoms with Gasteiger partial charge in [-0.05, 0) is 37.1 Å². The number of nitrogens with zero attached hydrogens (tertiary/aromatic N) is 4. The first-order valence-electron chi connectivity index (χ1n) is 8.12. The van der Waals surface area contributed by atoms with Gasteiger partial charge in [0.1, 0.15) is 17.6 Å². The van der Waals surface area contributed by atoms with E-state index in [1.807, 2.05) is 19.2 Å². The van der Waals surface area contributed by atoms with Gasteiger partial charge in [-0.25, -0.2) is 4.98 Å². The summed E-state index contributed by atoms with van der Waals surface area (Å²) >= 11 is 0. The molecule has 0 aliphatic carbocycles. The summed E-state index contributed by atoms with van der Waals surface area (Å²) in [6.07, 6.45) is 4.48. The van der Waals surface area contributed by atoms with Gasteiger partial charge in [0.05, 0.1) is 16.8 Å². The van der Waals surface area contributed by atoms with Gasteiger partial charge in [0, 0.05) is 42.0 Å². The molecule has 0 saturated carbocycles. The number of nitriles is 1. The molecule has 0 radical (unpaired) electrons. The van der Waals surface area contributed by atoms with E-state index in [0.717, 1.165) is 47.4 Å². The van der Waals surface area contributed by atoms with Crippen molar-refractivity contribution < 1.29 is 5.11 Å². The zero-order valence-corrected chi connectivity index (χ0v) is 13.8. The molecule has 124 valence electrons. The lowest BCUT2D eigenvalue weighted by atomic mass is 9.98. The smallest absolute Gasteiger partial charge is 0.143 e. The average molecular weight is 331 g/mol. The van der Waals surface area contributed by atoms with Crippen LogP contribution < -0.4 is 5.73 Å². The van der Waals surface area contributed by atoms with Crippen molar-refractivity contribution in [1.29, 1.82) is 5.26 Å². The first-order valence-corrected chi connectivity index (χ1v) is 8.12. The minimum absolute atomic E-state index is 0.0242. The van der Waals surface area contributed by atoms with E-state index in [9.17, 15) is 10.4 Å². The number of phenolic OH excluding ortho intramolecular Hbond substituents is 1. The van der Waals surface area contributed by atoms with E-state index in [1.54, 1.807) is 18.3 Å². The van der Waals surface area contributed by atoms with Crippen LogP contribution in [0.15, 0.2) is 29.4 Å². The fourth-order valence-corrected chi connectivity index (χ4v) is 3.49. The molecule has 0 amide bonds. The highest BCUT2D eigenvalue weighted by Gasteiger charge is 2.23. The largest absolute Gasteiger partial charge is 0.506 e. The highest BCUT2D eigenvalue weighted by atomic mass is 16.3. The third-order valence-electron chi connectivity index (χ3n) is 4.69. The molecule has 0 saturated heterocycles. The summed E-state index contributed by atoms with van der Waals surface area (Å²) < 4.78 is 2.17. The van der Waals surface area contributed by atoms with Gasteiger partial charge in [0.25, 0.3) is 0 Å². The number of nitrogen functional groups attached to an aromatic ring is 1. The summed E-state index contributed by atoms with van der Waals surface area (Å²) in [4.78, 5) is 8.61. The lowest BCUT2D eigenvalue weighted by molar-refractivity contribution is 0.480. The molecule has 0 atom stereocenters. The van der Waals surface area contributed by atoms with Crippen molar-refractivity contribution in [1.82, 2.24) is 9.55 Å². The average Bonchev–Trinajstić information content (AvgIpc) is 2.78. The van der Waals surface area contributed by atoms with Crippen LogP contribution in [0.1, 0.15) is 23.2 Å². The molecule has 1 aliphatic rings. The second-order valence-corrected chi connectivity index (χ2v) is 6.18. The number of aromatic nitrogens is 2. The normalized spacial score (nSPS) is 13.4. The Labute approximate surface area is 144 Å². The number of rotatable bonds is 1. The van der Waals surface area contributed by atoms with Crippen molar-refractivity contribution in [3.05, 3.63) is 41.2 Å². The van der Waals surface area contributed by atoms with Gasteiger partial charge in [-0.3, -0.25) is 4.99 Å². The van der Waals surface area contributed by atoms with E-state index in [4.69, 9.17) is 5.73 Å².